The molecule has 1 heterocycles. The van der Waals surface area contributed by atoms with E-state index >= 15 is 0 Å². The molecule has 5 heteroatoms. The van der Waals surface area contributed by atoms with Gasteiger partial charge in [-0.3, -0.25) is 0 Å². The lowest BCUT2D eigenvalue weighted by Crippen LogP contribution is -2.01. The van der Waals surface area contributed by atoms with Crippen LogP contribution < -0.4 is 5.73 Å². The maximum atomic E-state index is 11.2. The van der Waals surface area contributed by atoms with E-state index in [0.717, 1.165) is 11.9 Å². The molecule has 0 unspecified atom stereocenters. The van der Waals surface area contributed by atoms with Crippen molar-refractivity contribution in [3.63, 3.8) is 0 Å². The number of H-pyrrole nitrogens is 1. The van der Waals surface area contributed by atoms with Gasteiger partial charge in [0.2, 0.25) is 0 Å². The maximum Gasteiger partial charge on any atom is 0.179 e. The minimum Gasteiger partial charge on any atom is -0.384 e. The Morgan fingerprint density at radius 2 is 1.83 bits per heavy atom. The van der Waals surface area contributed by atoms with Crippen molar-refractivity contribution >= 4 is 15.7 Å². The van der Waals surface area contributed by atoms with Crippen LogP contribution >= 0.6 is 0 Å². The largest absolute Gasteiger partial charge is 0.384 e. The Balaban J connectivity index is 3.54. The first-order valence-corrected chi connectivity index (χ1v) is 5.38. The molecule has 3 N–H and O–H groups in total. The van der Waals surface area contributed by atoms with Gasteiger partial charge < -0.3 is 10.7 Å². The number of nitrogens with two attached hydrogens (primary N) is 1. The van der Waals surface area contributed by atoms with E-state index in [-0.39, 0.29) is 10.7 Å². The predicted molar refractivity (Wildman–Crippen MR) is 47.8 cm³/mol. The average molecular weight is 188 g/mol. The van der Waals surface area contributed by atoms with E-state index in [1.54, 1.807) is 13.8 Å². The van der Waals surface area contributed by atoms with Crippen LogP contribution in [0.5, 0.6) is 0 Å². The smallest absolute Gasteiger partial charge is 0.179 e. The Morgan fingerprint density at radius 3 is 2.00 bits per heavy atom. The second kappa shape index (κ2) is 2.52. The first-order chi connectivity index (χ1) is 5.34. The summed E-state index contributed by atoms with van der Waals surface area (Å²) in [6.07, 6.45) is 1.15. The number of nitrogen functional groups attached to an aromatic ring is 1. The molecule has 0 saturated heterocycles. The van der Waals surface area contributed by atoms with E-state index in [1.165, 1.54) is 0 Å². The van der Waals surface area contributed by atoms with E-state index in [9.17, 15) is 8.42 Å². The van der Waals surface area contributed by atoms with Crippen LogP contribution in [0.4, 0.5) is 5.82 Å². The highest BCUT2D eigenvalue weighted by Gasteiger charge is 2.18. The van der Waals surface area contributed by atoms with Crippen molar-refractivity contribution in [2.75, 3.05) is 12.0 Å². The van der Waals surface area contributed by atoms with Gasteiger partial charge in [0.1, 0.15) is 10.7 Å². The molecule has 0 amide bonds. The zero-order chi connectivity index (χ0) is 9.52. The van der Waals surface area contributed by atoms with Crippen molar-refractivity contribution in [2.24, 2.45) is 0 Å². The van der Waals surface area contributed by atoms with E-state index in [2.05, 4.69) is 4.98 Å². The summed E-state index contributed by atoms with van der Waals surface area (Å²) in [5, 5.41) is 0. The fourth-order valence-electron chi connectivity index (χ4n) is 1.20. The van der Waals surface area contributed by atoms with E-state index < -0.39 is 9.84 Å². The van der Waals surface area contributed by atoms with Crippen LogP contribution in [0.15, 0.2) is 4.90 Å². The lowest BCUT2D eigenvalue weighted by atomic mass is 10.3. The number of hydrogen-bond acceptors (Lipinski definition) is 3. The van der Waals surface area contributed by atoms with Gasteiger partial charge in [0, 0.05) is 11.9 Å². The molecule has 0 saturated carbocycles. The third kappa shape index (κ3) is 1.32. The molecular formula is C7H12N2O2S. The van der Waals surface area contributed by atoms with Gasteiger partial charge in [-0.2, -0.15) is 0 Å². The van der Waals surface area contributed by atoms with Crippen molar-refractivity contribution in [3.05, 3.63) is 11.3 Å². The molecule has 4 nitrogen and oxygen atoms in total. The number of rotatable bonds is 1. The Hall–Kier alpha value is -0.970. The summed E-state index contributed by atoms with van der Waals surface area (Å²) < 4.78 is 22.4. The minimum absolute atomic E-state index is 0.222. The van der Waals surface area contributed by atoms with Crippen LogP contribution in [0.2, 0.25) is 0 Å². The summed E-state index contributed by atoms with van der Waals surface area (Å²) in [7, 11) is -3.20. The van der Waals surface area contributed by atoms with E-state index in [0.29, 0.717) is 5.56 Å². The van der Waals surface area contributed by atoms with Crippen LogP contribution in [0.25, 0.3) is 0 Å². The fraction of sp³-hybridized carbons (Fsp3) is 0.429. The molecule has 1 rings (SSSR count). The van der Waals surface area contributed by atoms with Gasteiger partial charge in [0.25, 0.3) is 0 Å². The quantitative estimate of drug-likeness (QED) is 0.678. The molecule has 0 radical (unpaired) electrons. The number of aryl methyl sites for hydroxylation is 1. The normalized spacial score (nSPS) is 11.9. The topological polar surface area (TPSA) is 76.0 Å². The standard InChI is InChI=1S/C7H12N2O2S/c1-4-5(2)9-7(8)6(4)12(3,10)11/h9H,8H2,1-3H3. The van der Waals surface area contributed by atoms with Gasteiger partial charge in [-0.15, -0.1) is 0 Å². The van der Waals surface area contributed by atoms with Gasteiger partial charge in [-0.25, -0.2) is 8.42 Å². The highest BCUT2D eigenvalue weighted by molar-refractivity contribution is 7.91. The van der Waals surface area contributed by atoms with E-state index in [1.807, 2.05) is 0 Å². The highest BCUT2D eigenvalue weighted by Crippen LogP contribution is 2.24. The number of anilines is 1. The Kier molecular flexibility index (Phi) is 1.91. The maximum absolute atomic E-state index is 11.2. The summed E-state index contributed by atoms with van der Waals surface area (Å²) >= 11 is 0. The number of sulfone groups is 1. The second-order valence-electron chi connectivity index (χ2n) is 2.89. The van der Waals surface area contributed by atoms with Crippen LogP contribution in [0.3, 0.4) is 0 Å². The van der Waals surface area contributed by atoms with Crippen molar-refractivity contribution < 1.29 is 8.42 Å². The number of nitrogens with one attached hydrogen (secondary N) is 1. The zero-order valence-electron chi connectivity index (χ0n) is 7.30. The number of hydrogen-bond donors (Lipinski definition) is 2. The summed E-state index contributed by atoms with van der Waals surface area (Å²) in [4.78, 5) is 3.00. The molecule has 1 aromatic rings. The zero-order valence-corrected chi connectivity index (χ0v) is 8.12. The van der Waals surface area contributed by atoms with Crippen LogP contribution in [-0.4, -0.2) is 19.7 Å². The minimum atomic E-state index is -3.20. The van der Waals surface area contributed by atoms with Crippen molar-refractivity contribution in [3.8, 4) is 0 Å². The van der Waals surface area contributed by atoms with Crippen molar-refractivity contribution in [2.45, 2.75) is 18.7 Å². The Bertz CT molecular complexity index is 403. The second-order valence-corrected chi connectivity index (χ2v) is 4.84. The highest BCUT2D eigenvalue weighted by atomic mass is 32.2. The SMILES string of the molecule is Cc1[nH]c(N)c(S(C)(=O)=O)c1C. The summed E-state index contributed by atoms with van der Waals surface area (Å²) in [6, 6.07) is 0. The summed E-state index contributed by atoms with van der Waals surface area (Å²) in [5.41, 5.74) is 7.00. The monoisotopic (exact) mass is 188 g/mol. The molecule has 0 bridgehead atoms. The van der Waals surface area contributed by atoms with Crippen LogP contribution in [0.1, 0.15) is 11.3 Å². The van der Waals surface area contributed by atoms with Gasteiger partial charge in [-0.05, 0) is 19.4 Å². The van der Waals surface area contributed by atoms with Crippen molar-refractivity contribution in [1.82, 2.24) is 4.98 Å². The predicted octanol–water partition coefficient (Wildman–Crippen LogP) is 0.617. The molecule has 0 atom stereocenters. The average Bonchev–Trinajstić information content (AvgIpc) is 2.05. The first kappa shape index (κ1) is 9.12. The van der Waals surface area contributed by atoms with Gasteiger partial charge in [-0.1, -0.05) is 0 Å². The molecule has 0 aliphatic rings. The molecule has 12 heavy (non-hydrogen) atoms. The van der Waals surface area contributed by atoms with E-state index in [4.69, 9.17) is 5.73 Å². The van der Waals surface area contributed by atoms with Gasteiger partial charge in [0.05, 0.1) is 0 Å². The fourth-order valence-corrected chi connectivity index (χ4v) is 2.36. The lowest BCUT2D eigenvalue weighted by molar-refractivity contribution is 0.602. The van der Waals surface area contributed by atoms with Crippen LogP contribution in [-0.2, 0) is 9.84 Å². The Labute approximate surface area is 71.7 Å². The van der Waals surface area contributed by atoms with Gasteiger partial charge in [0.15, 0.2) is 9.84 Å². The summed E-state index contributed by atoms with van der Waals surface area (Å²) in [5.74, 6) is 0.229. The molecule has 68 valence electrons. The van der Waals surface area contributed by atoms with Gasteiger partial charge >= 0.3 is 0 Å². The Morgan fingerprint density at radius 1 is 1.33 bits per heavy atom. The molecule has 0 aliphatic heterocycles. The van der Waals surface area contributed by atoms with Crippen molar-refractivity contribution in [1.29, 1.82) is 0 Å². The summed E-state index contributed by atoms with van der Waals surface area (Å²) in [6.45, 7) is 3.53. The third-order valence-electron chi connectivity index (χ3n) is 1.84. The molecule has 1 aromatic heterocycles. The first-order valence-electron chi connectivity index (χ1n) is 3.48. The van der Waals surface area contributed by atoms with Crippen LogP contribution in [0, 0.1) is 13.8 Å². The number of aromatic amines is 1. The number of aromatic nitrogens is 1. The lowest BCUT2D eigenvalue weighted by Gasteiger charge is -1.97. The molecule has 0 spiro atoms. The molecule has 0 aliphatic carbocycles. The molecule has 0 aromatic carbocycles. The molecule has 0 fully saturated rings. The third-order valence-corrected chi connectivity index (χ3v) is 3.11. The molecular weight excluding hydrogens is 176 g/mol.